The lowest BCUT2D eigenvalue weighted by atomic mass is 10.2. The number of hydrogen-bond acceptors (Lipinski definition) is 6. The summed E-state index contributed by atoms with van der Waals surface area (Å²) in [5.41, 5.74) is 3.91. The molecule has 27 heavy (non-hydrogen) atoms. The molecule has 0 radical (unpaired) electrons. The zero-order chi connectivity index (χ0) is 19.8. The van der Waals surface area contributed by atoms with E-state index in [-0.39, 0.29) is 6.61 Å². The van der Waals surface area contributed by atoms with Crippen LogP contribution in [-0.2, 0) is 4.79 Å². The Morgan fingerprint density at radius 1 is 1.07 bits per heavy atom. The molecule has 144 valence electrons. The van der Waals surface area contributed by atoms with E-state index in [9.17, 15) is 4.79 Å². The van der Waals surface area contributed by atoms with Crippen LogP contribution in [-0.4, -0.2) is 40.1 Å². The van der Waals surface area contributed by atoms with Crippen LogP contribution in [0.15, 0.2) is 35.4 Å². The van der Waals surface area contributed by atoms with Gasteiger partial charge in [0.1, 0.15) is 5.75 Å². The maximum atomic E-state index is 11.9. The van der Waals surface area contributed by atoms with Crippen LogP contribution in [0.4, 0.5) is 0 Å². The van der Waals surface area contributed by atoms with Crippen molar-refractivity contribution in [1.82, 2.24) is 5.43 Å². The number of carbonyl (C=O) groups excluding carboxylic acids is 1. The van der Waals surface area contributed by atoms with E-state index in [0.717, 1.165) is 5.56 Å². The van der Waals surface area contributed by atoms with E-state index >= 15 is 0 Å². The van der Waals surface area contributed by atoms with Crippen molar-refractivity contribution >= 4 is 23.7 Å². The Balaban J connectivity index is 1.97. The van der Waals surface area contributed by atoms with Crippen molar-refractivity contribution in [2.45, 2.75) is 6.92 Å². The van der Waals surface area contributed by atoms with Gasteiger partial charge in [0.2, 0.25) is 5.75 Å². The van der Waals surface area contributed by atoms with Crippen molar-refractivity contribution in [2.75, 3.05) is 27.9 Å². The summed E-state index contributed by atoms with van der Waals surface area (Å²) in [5, 5.41) is 4.53. The molecule has 0 aliphatic carbocycles. The topological polar surface area (TPSA) is 78.4 Å². The van der Waals surface area contributed by atoms with Gasteiger partial charge in [-0.15, -0.1) is 0 Å². The molecule has 2 aromatic rings. The van der Waals surface area contributed by atoms with Crippen molar-refractivity contribution in [1.29, 1.82) is 0 Å². The lowest BCUT2D eigenvalue weighted by Crippen LogP contribution is -2.24. The molecule has 0 unspecified atom stereocenters. The summed E-state index contributed by atoms with van der Waals surface area (Å²) < 4.78 is 21.3. The minimum atomic E-state index is -0.395. The van der Waals surface area contributed by atoms with Crippen LogP contribution in [0.25, 0.3) is 0 Å². The zero-order valence-electron chi connectivity index (χ0n) is 15.5. The minimum Gasteiger partial charge on any atom is -0.493 e. The van der Waals surface area contributed by atoms with E-state index < -0.39 is 5.91 Å². The first-order valence-corrected chi connectivity index (χ1v) is 8.37. The molecule has 0 atom stereocenters. The SMILES string of the molecule is COc1cc(/C=N/NC(=O)COc2ccc(Cl)cc2C)cc(OC)c1OC. The predicted octanol–water partition coefficient (Wildman–Crippen LogP) is 3.20. The predicted molar refractivity (Wildman–Crippen MR) is 104 cm³/mol. The van der Waals surface area contributed by atoms with E-state index in [2.05, 4.69) is 10.5 Å². The highest BCUT2D eigenvalue weighted by molar-refractivity contribution is 6.30. The van der Waals surface area contributed by atoms with Gasteiger partial charge in [-0.05, 0) is 42.8 Å². The number of ether oxygens (including phenoxy) is 4. The van der Waals surface area contributed by atoms with Gasteiger partial charge in [0.25, 0.3) is 5.91 Å². The number of rotatable bonds is 8. The molecule has 2 aromatic carbocycles. The molecular weight excluding hydrogens is 372 g/mol. The molecule has 0 saturated heterocycles. The Morgan fingerprint density at radius 2 is 1.74 bits per heavy atom. The molecule has 8 heteroatoms. The molecular formula is C19H21ClN2O5. The Labute approximate surface area is 162 Å². The van der Waals surface area contributed by atoms with Crippen molar-refractivity contribution in [3.63, 3.8) is 0 Å². The number of carbonyl (C=O) groups is 1. The molecule has 0 heterocycles. The average molecular weight is 393 g/mol. The molecule has 0 aliphatic rings. The van der Waals surface area contributed by atoms with E-state index in [1.54, 1.807) is 30.3 Å². The summed E-state index contributed by atoms with van der Waals surface area (Å²) in [6.07, 6.45) is 1.47. The Bertz CT molecular complexity index is 814. The summed E-state index contributed by atoms with van der Waals surface area (Å²) in [6, 6.07) is 8.60. The highest BCUT2D eigenvalue weighted by atomic mass is 35.5. The molecule has 1 amide bonds. The van der Waals surface area contributed by atoms with E-state index in [0.29, 0.717) is 33.6 Å². The van der Waals surface area contributed by atoms with Crippen molar-refractivity contribution in [3.8, 4) is 23.0 Å². The summed E-state index contributed by atoms with van der Waals surface area (Å²) in [6.45, 7) is 1.68. The largest absolute Gasteiger partial charge is 0.493 e. The Morgan fingerprint density at radius 3 is 2.30 bits per heavy atom. The number of amides is 1. The Hall–Kier alpha value is -2.93. The van der Waals surface area contributed by atoms with Gasteiger partial charge >= 0.3 is 0 Å². The van der Waals surface area contributed by atoms with Gasteiger partial charge in [-0.25, -0.2) is 5.43 Å². The summed E-state index contributed by atoms with van der Waals surface area (Å²) >= 11 is 5.89. The van der Waals surface area contributed by atoms with Gasteiger partial charge in [0, 0.05) is 10.6 Å². The lowest BCUT2D eigenvalue weighted by Gasteiger charge is -2.12. The number of benzene rings is 2. The fourth-order valence-corrected chi connectivity index (χ4v) is 2.53. The maximum Gasteiger partial charge on any atom is 0.277 e. The summed E-state index contributed by atoms with van der Waals surface area (Å²) in [5.74, 6) is 1.65. The zero-order valence-corrected chi connectivity index (χ0v) is 16.3. The highest BCUT2D eigenvalue weighted by Crippen LogP contribution is 2.37. The Kier molecular flexibility index (Phi) is 7.31. The summed E-state index contributed by atoms with van der Waals surface area (Å²) in [7, 11) is 4.57. The molecule has 2 rings (SSSR count). The number of hydrazone groups is 1. The smallest absolute Gasteiger partial charge is 0.277 e. The van der Waals surface area contributed by atoms with Crippen LogP contribution >= 0.6 is 11.6 Å². The standard InChI is InChI=1S/C19H21ClN2O5/c1-12-7-14(20)5-6-15(12)27-11-18(23)22-21-10-13-8-16(24-2)19(26-4)17(9-13)25-3/h5-10H,11H2,1-4H3,(H,22,23)/b21-10+. The van der Waals surface area contributed by atoms with Gasteiger partial charge in [-0.3, -0.25) is 4.79 Å². The number of nitrogens with zero attached hydrogens (tertiary/aromatic N) is 1. The third-order valence-electron chi connectivity index (χ3n) is 3.59. The second-order valence-corrected chi connectivity index (χ2v) is 5.89. The average Bonchev–Trinajstić information content (AvgIpc) is 2.66. The molecule has 0 bridgehead atoms. The number of methoxy groups -OCH3 is 3. The normalized spacial score (nSPS) is 10.6. The van der Waals surface area contributed by atoms with E-state index in [4.69, 9.17) is 30.5 Å². The first-order chi connectivity index (χ1) is 13.0. The fraction of sp³-hybridized carbons (Fsp3) is 0.263. The van der Waals surface area contributed by atoms with Gasteiger partial charge in [0.05, 0.1) is 27.5 Å². The van der Waals surface area contributed by atoms with Crippen molar-refractivity contribution in [2.24, 2.45) is 5.10 Å². The van der Waals surface area contributed by atoms with Crippen LogP contribution in [0.3, 0.4) is 0 Å². The number of aryl methyl sites for hydroxylation is 1. The number of hydrogen-bond donors (Lipinski definition) is 1. The van der Waals surface area contributed by atoms with Crippen LogP contribution in [0, 0.1) is 6.92 Å². The molecule has 0 spiro atoms. The monoisotopic (exact) mass is 392 g/mol. The van der Waals surface area contributed by atoms with Gasteiger partial charge in [-0.1, -0.05) is 11.6 Å². The second-order valence-electron chi connectivity index (χ2n) is 5.45. The lowest BCUT2D eigenvalue weighted by molar-refractivity contribution is -0.123. The van der Waals surface area contributed by atoms with Gasteiger partial charge in [-0.2, -0.15) is 5.10 Å². The number of halogens is 1. The fourth-order valence-electron chi connectivity index (χ4n) is 2.31. The van der Waals surface area contributed by atoms with E-state index in [1.165, 1.54) is 27.5 Å². The van der Waals surface area contributed by atoms with Gasteiger partial charge in [0.15, 0.2) is 18.1 Å². The summed E-state index contributed by atoms with van der Waals surface area (Å²) in [4.78, 5) is 11.9. The maximum absolute atomic E-state index is 11.9. The minimum absolute atomic E-state index is 0.172. The third kappa shape index (κ3) is 5.52. The van der Waals surface area contributed by atoms with Crippen molar-refractivity contribution < 1.29 is 23.7 Å². The van der Waals surface area contributed by atoms with Crippen LogP contribution in [0.5, 0.6) is 23.0 Å². The van der Waals surface area contributed by atoms with Crippen LogP contribution in [0.1, 0.15) is 11.1 Å². The number of nitrogens with one attached hydrogen (secondary N) is 1. The third-order valence-corrected chi connectivity index (χ3v) is 3.82. The highest BCUT2D eigenvalue weighted by Gasteiger charge is 2.12. The molecule has 7 nitrogen and oxygen atoms in total. The first-order valence-electron chi connectivity index (χ1n) is 7.99. The molecule has 0 fully saturated rings. The molecule has 1 N–H and O–H groups in total. The molecule has 0 saturated carbocycles. The van der Waals surface area contributed by atoms with E-state index in [1.807, 2.05) is 6.92 Å². The molecule has 0 aliphatic heterocycles. The van der Waals surface area contributed by atoms with Gasteiger partial charge < -0.3 is 18.9 Å². The second kappa shape index (κ2) is 9.68. The van der Waals surface area contributed by atoms with Crippen LogP contribution < -0.4 is 24.4 Å². The first kappa shape index (κ1) is 20.4. The van der Waals surface area contributed by atoms with Crippen molar-refractivity contribution in [3.05, 3.63) is 46.5 Å². The molecule has 0 aromatic heterocycles. The quantitative estimate of drug-likeness (QED) is 0.551. The van der Waals surface area contributed by atoms with Crippen LogP contribution in [0.2, 0.25) is 5.02 Å².